The molecule has 0 fully saturated rings. The number of anilines is 1. The van der Waals surface area contributed by atoms with Gasteiger partial charge in [0, 0.05) is 24.7 Å². The first kappa shape index (κ1) is 31.6. The molecule has 1 atom stereocenters. The van der Waals surface area contributed by atoms with Gasteiger partial charge in [-0.1, -0.05) is 57.2 Å². The fourth-order valence-corrected chi connectivity index (χ4v) is 4.30. The Hall–Kier alpha value is -2.65. The Labute approximate surface area is 234 Å². The summed E-state index contributed by atoms with van der Waals surface area (Å²) in [7, 11) is -3.31. The number of hydrogen-bond donors (Lipinski definition) is 3. The summed E-state index contributed by atoms with van der Waals surface area (Å²) in [5.74, 6) is -0.128. The van der Waals surface area contributed by atoms with E-state index in [1.807, 2.05) is 32.9 Å². The largest absolute Gasteiger partial charge is 0.465 e. The summed E-state index contributed by atoms with van der Waals surface area (Å²) in [4.78, 5) is 12.4. The highest BCUT2D eigenvalue weighted by atomic mass is 32.2. The lowest BCUT2D eigenvalue weighted by atomic mass is 9.86. The number of sulfonamides is 1. The molecule has 0 saturated carbocycles. The predicted octanol–water partition coefficient (Wildman–Crippen LogP) is 5.16. The molecule has 7 nitrogen and oxygen atoms in total. The normalized spacial score (nSPS) is 12.9. The number of hydrogen-bond acceptors (Lipinski definition) is 5. The molecule has 0 bridgehead atoms. The van der Waals surface area contributed by atoms with Crippen molar-refractivity contribution in [1.29, 1.82) is 0 Å². The van der Waals surface area contributed by atoms with Crippen LogP contribution in [0.25, 0.3) is 0 Å². The lowest BCUT2D eigenvalue weighted by Gasteiger charge is -2.23. The molecule has 0 spiro atoms. The van der Waals surface area contributed by atoms with Crippen molar-refractivity contribution >= 4 is 39.0 Å². The van der Waals surface area contributed by atoms with Gasteiger partial charge >= 0.3 is 5.97 Å². The highest BCUT2D eigenvalue weighted by molar-refractivity contribution is 7.92. The molecule has 38 heavy (non-hydrogen) atoms. The maximum absolute atomic E-state index is 12.4. The number of benzene rings is 2. The first-order valence-electron chi connectivity index (χ1n) is 12.9. The van der Waals surface area contributed by atoms with Crippen LogP contribution in [-0.4, -0.2) is 38.9 Å². The maximum Gasteiger partial charge on any atom is 0.311 e. The zero-order valence-corrected chi connectivity index (χ0v) is 25.3. The number of ether oxygens (including phenoxy) is 1. The third kappa shape index (κ3) is 11.8. The number of esters is 1. The van der Waals surface area contributed by atoms with Gasteiger partial charge in [-0.15, -0.1) is 0 Å². The SMILES string of the molecule is CC(C)(C)C(=O)OCC(CCc1ccc(C(C)(C)C)cc1)CNC(=S)NCc1ccc(NS(C)(=O)=O)cc1. The predicted molar refractivity (Wildman–Crippen MR) is 160 cm³/mol. The smallest absolute Gasteiger partial charge is 0.311 e. The van der Waals surface area contributed by atoms with E-state index in [1.54, 1.807) is 12.1 Å². The number of thiocarbonyl (C=S) groups is 1. The number of carbonyl (C=O) groups is 1. The van der Waals surface area contributed by atoms with E-state index in [0.717, 1.165) is 24.7 Å². The lowest BCUT2D eigenvalue weighted by molar-refractivity contribution is -0.154. The second kappa shape index (κ2) is 13.4. The topological polar surface area (TPSA) is 96.5 Å². The van der Waals surface area contributed by atoms with E-state index >= 15 is 0 Å². The molecule has 9 heteroatoms. The monoisotopic (exact) mass is 561 g/mol. The van der Waals surface area contributed by atoms with Crippen LogP contribution in [0.15, 0.2) is 48.5 Å². The second-order valence-corrected chi connectivity index (χ2v) is 14.0. The van der Waals surface area contributed by atoms with Crippen LogP contribution in [0.1, 0.15) is 64.7 Å². The third-order valence-electron chi connectivity index (χ3n) is 5.99. The molecule has 2 aromatic carbocycles. The summed E-state index contributed by atoms with van der Waals surface area (Å²) < 4.78 is 30.8. The molecule has 1 unspecified atom stereocenters. The number of carbonyl (C=O) groups excluding carboxylic acids is 1. The van der Waals surface area contributed by atoms with Gasteiger partial charge in [0.25, 0.3) is 0 Å². The Kier molecular flexibility index (Phi) is 11.2. The minimum Gasteiger partial charge on any atom is -0.465 e. The minimum atomic E-state index is -3.31. The Morgan fingerprint density at radius 1 is 0.921 bits per heavy atom. The van der Waals surface area contributed by atoms with Gasteiger partial charge in [0.05, 0.1) is 18.3 Å². The van der Waals surface area contributed by atoms with Gasteiger partial charge in [-0.2, -0.15) is 0 Å². The van der Waals surface area contributed by atoms with E-state index in [9.17, 15) is 13.2 Å². The van der Waals surface area contributed by atoms with Crippen molar-refractivity contribution in [3.63, 3.8) is 0 Å². The molecule has 0 aromatic heterocycles. The van der Waals surface area contributed by atoms with Crippen molar-refractivity contribution in [1.82, 2.24) is 10.6 Å². The Morgan fingerprint density at radius 2 is 1.50 bits per heavy atom. The van der Waals surface area contributed by atoms with Crippen LogP contribution in [0, 0.1) is 11.3 Å². The molecule has 2 aromatic rings. The maximum atomic E-state index is 12.4. The lowest BCUT2D eigenvalue weighted by Crippen LogP contribution is -2.39. The van der Waals surface area contributed by atoms with Crippen molar-refractivity contribution < 1.29 is 17.9 Å². The minimum absolute atomic E-state index is 0.0877. The van der Waals surface area contributed by atoms with Gasteiger partial charge in [0.15, 0.2) is 5.11 Å². The van der Waals surface area contributed by atoms with E-state index in [4.69, 9.17) is 17.0 Å². The van der Waals surface area contributed by atoms with Gasteiger partial charge in [-0.05, 0) is 80.1 Å². The molecule has 0 aliphatic heterocycles. The van der Waals surface area contributed by atoms with Crippen molar-refractivity contribution in [3.8, 4) is 0 Å². The second-order valence-electron chi connectivity index (χ2n) is 11.8. The Bertz CT molecular complexity index is 1160. The van der Waals surface area contributed by atoms with Gasteiger partial charge in [0.2, 0.25) is 10.0 Å². The van der Waals surface area contributed by atoms with Gasteiger partial charge in [-0.3, -0.25) is 9.52 Å². The van der Waals surface area contributed by atoms with Crippen molar-refractivity contribution in [2.24, 2.45) is 11.3 Å². The molecular weight excluding hydrogens is 518 g/mol. The Balaban J connectivity index is 1.91. The highest BCUT2D eigenvalue weighted by Crippen LogP contribution is 2.23. The molecule has 0 saturated heterocycles. The molecule has 0 heterocycles. The van der Waals surface area contributed by atoms with E-state index in [0.29, 0.717) is 30.5 Å². The van der Waals surface area contributed by atoms with Gasteiger partial charge in [-0.25, -0.2) is 8.42 Å². The molecule has 3 N–H and O–H groups in total. The fourth-order valence-electron chi connectivity index (χ4n) is 3.58. The van der Waals surface area contributed by atoms with Crippen molar-refractivity contribution in [2.45, 2.75) is 66.3 Å². The summed E-state index contributed by atoms with van der Waals surface area (Å²) in [5.41, 5.74) is 3.59. The van der Waals surface area contributed by atoms with Crippen molar-refractivity contribution in [3.05, 3.63) is 65.2 Å². The standard InChI is InChI=1S/C29H43N3O4S2/c1-28(2,3)24-14-10-21(11-15-24)8-9-23(20-36-26(33)29(4,5)6)19-31-27(37)30-18-22-12-16-25(17-13-22)32-38(7,34)35/h10-17,23,32H,8-9,18-20H2,1-7H3,(H2,30,31,37). The molecular formula is C29H43N3O4S2. The third-order valence-corrected chi connectivity index (χ3v) is 6.88. The van der Waals surface area contributed by atoms with Crippen LogP contribution in [0.4, 0.5) is 5.69 Å². The van der Waals surface area contributed by atoms with Crippen LogP contribution in [0.5, 0.6) is 0 Å². The molecule has 0 aliphatic rings. The van der Waals surface area contributed by atoms with Crippen LogP contribution in [-0.2, 0) is 37.9 Å². The van der Waals surface area contributed by atoms with Gasteiger partial charge < -0.3 is 15.4 Å². The fraction of sp³-hybridized carbons (Fsp3) is 0.517. The molecule has 2 rings (SSSR count). The first-order chi connectivity index (χ1) is 17.5. The number of aryl methyl sites for hydroxylation is 1. The summed E-state index contributed by atoms with van der Waals surface area (Å²) >= 11 is 5.47. The zero-order valence-electron chi connectivity index (χ0n) is 23.7. The van der Waals surface area contributed by atoms with E-state index in [-0.39, 0.29) is 17.3 Å². The highest BCUT2D eigenvalue weighted by Gasteiger charge is 2.24. The van der Waals surface area contributed by atoms with Crippen molar-refractivity contribution in [2.75, 3.05) is 24.1 Å². The van der Waals surface area contributed by atoms with Crippen LogP contribution >= 0.6 is 12.2 Å². The zero-order chi connectivity index (χ0) is 28.6. The molecule has 0 aliphatic carbocycles. The molecule has 0 radical (unpaired) electrons. The summed E-state index contributed by atoms with van der Waals surface area (Å²) in [6.45, 7) is 13.5. The average molecular weight is 562 g/mol. The Morgan fingerprint density at radius 3 is 2.03 bits per heavy atom. The molecule has 0 amide bonds. The van der Waals surface area contributed by atoms with Crippen LogP contribution < -0.4 is 15.4 Å². The number of rotatable bonds is 11. The quantitative estimate of drug-likeness (QED) is 0.258. The number of nitrogens with one attached hydrogen (secondary N) is 3. The van der Waals surface area contributed by atoms with Crippen LogP contribution in [0.2, 0.25) is 0 Å². The summed E-state index contributed by atoms with van der Waals surface area (Å²) in [5, 5.41) is 6.94. The average Bonchev–Trinajstić information content (AvgIpc) is 2.81. The molecule has 210 valence electrons. The van der Waals surface area contributed by atoms with Gasteiger partial charge in [0.1, 0.15) is 0 Å². The van der Waals surface area contributed by atoms with E-state index in [1.165, 1.54) is 11.1 Å². The van der Waals surface area contributed by atoms with E-state index < -0.39 is 15.4 Å². The first-order valence-corrected chi connectivity index (χ1v) is 15.2. The summed E-state index contributed by atoms with van der Waals surface area (Å²) in [6, 6.07) is 15.8. The van der Waals surface area contributed by atoms with Crippen LogP contribution in [0.3, 0.4) is 0 Å². The van der Waals surface area contributed by atoms with E-state index in [2.05, 4.69) is 60.4 Å². The summed E-state index contributed by atoms with van der Waals surface area (Å²) in [6.07, 6.45) is 2.83.